The van der Waals surface area contributed by atoms with E-state index in [1.54, 1.807) is 37.4 Å². The van der Waals surface area contributed by atoms with Crippen LogP contribution in [0.4, 0.5) is 5.69 Å². The number of fused-ring (bicyclic) bond motifs is 1. The largest absolute Gasteiger partial charge is 0.496 e. The number of hydrogen-bond donors (Lipinski definition) is 2. The first-order chi connectivity index (χ1) is 18.0. The Morgan fingerprint density at radius 2 is 1.68 bits per heavy atom. The molecule has 0 aromatic heterocycles. The van der Waals surface area contributed by atoms with Gasteiger partial charge in [0.25, 0.3) is 5.91 Å². The highest BCUT2D eigenvalue weighted by molar-refractivity contribution is 6.13. The molecular weight excluding hydrogens is 486 g/mol. The molecular formula is C30H31NO7. The Hall–Kier alpha value is -4.33. The van der Waals surface area contributed by atoms with Crippen LogP contribution in [0.1, 0.15) is 47.8 Å². The lowest BCUT2D eigenvalue weighted by atomic mass is 9.85. The smallest absolute Gasteiger partial charge is 0.341 e. The first-order valence-electron chi connectivity index (χ1n) is 12.2. The highest BCUT2D eigenvalue weighted by Gasteiger charge is 2.53. The van der Waals surface area contributed by atoms with E-state index in [0.717, 1.165) is 11.1 Å². The maximum absolute atomic E-state index is 14.1. The van der Waals surface area contributed by atoms with Gasteiger partial charge in [0.05, 0.1) is 7.11 Å². The van der Waals surface area contributed by atoms with Gasteiger partial charge in [0.15, 0.2) is 12.1 Å². The SMILES string of the molecule is COc1cc(C(=O)N2c3ccc(OCC(=O)O)cc3CC2(Cc2ccccc2)C(=O)O)ccc1C(C)(C)C. The minimum absolute atomic E-state index is 0.0276. The van der Waals surface area contributed by atoms with Crippen LogP contribution >= 0.6 is 0 Å². The Balaban J connectivity index is 1.84. The second-order valence-corrected chi connectivity index (χ2v) is 10.5. The third-order valence-corrected chi connectivity index (χ3v) is 6.76. The molecule has 0 fully saturated rings. The van der Waals surface area contributed by atoms with Crippen LogP contribution in [0.5, 0.6) is 11.5 Å². The molecule has 4 rings (SSSR count). The van der Waals surface area contributed by atoms with Gasteiger partial charge in [-0.25, -0.2) is 9.59 Å². The second-order valence-electron chi connectivity index (χ2n) is 10.5. The van der Waals surface area contributed by atoms with Crippen LogP contribution < -0.4 is 14.4 Å². The number of aliphatic carboxylic acids is 2. The molecule has 0 aliphatic carbocycles. The Labute approximate surface area is 221 Å². The number of carbonyl (C=O) groups is 3. The zero-order chi connectivity index (χ0) is 27.7. The van der Waals surface area contributed by atoms with Crippen LogP contribution in [0, 0.1) is 0 Å². The van der Waals surface area contributed by atoms with Crippen LogP contribution in [0.15, 0.2) is 66.7 Å². The van der Waals surface area contributed by atoms with Crippen molar-refractivity contribution in [3.63, 3.8) is 0 Å². The summed E-state index contributed by atoms with van der Waals surface area (Å²) in [5, 5.41) is 19.6. The van der Waals surface area contributed by atoms with E-state index in [4.69, 9.17) is 14.6 Å². The molecule has 1 aliphatic heterocycles. The van der Waals surface area contributed by atoms with E-state index in [1.165, 1.54) is 4.90 Å². The molecule has 1 amide bonds. The van der Waals surface area contributed by atoms with E-state index in [2.05, 4.69) is 0 Å². The molecule has 0 bridgehead atoms. The molecule has 1 aliphatic rings. The summed E-state index contributed by atoms with van der Waals surface area (Å²) in [6.45, 7) is 5.60. The van der Waals surface area contributed by atoms with Crippen molar-refractivity contribution in [3.8, 4) is 11.5 Å². The first-order valence-corrected chi connectivity index (χ1v) is 12.2. The Kier molecular flexibility index (Phi) is 7.18. The van der Waals surface area contributed by atoms with Gasteiger partial charge in [-0.2, -0.15) is 0 Å². The molecule has 0 radical (unpaired) electrons. The molecule has 3 aromatic carbocycles. The van der Waals surface area contributed by atoms with Crippen molar-refractivity contribution in [1.29, 1.82) is 0 Å². The van der Waals surface area contributed by atoms with Gasteiger partial charge < -0.3 is 19.7 Å². The van der Waals surface area contributed by atoms with Crippen molar-refractivity contribution >= 4 is 23.5 Å². The molecule has 1 heterocycles. The summed E-state index contributed by atoms with van der Waals surface area (Å²) in [4.78, 5) is 39.5. The van der Waals surface area contributed by atoms with Crippen molar-refractivity contribution < 1.29 is 34.1 Å². The summed E-state index contributed by atoms with van der Waals surface area (Å²) >= 11 is 0. The zero-order valence-electron chi connectivity index (χ0n) is 21.9. The number of carboxylic acid groups (broad SMARTS) is 2. The van der Waals surface area contributed by atoms with Gasteiger partial charge in [-0.15, -0.1) is 0 Å². The average molecular weight is 518 g/mol. The standard InChI is InChI=1S/C30H31NO7/c1-29(2,3)23-12-10-20(15-25(23)37-4)27(34)31-24-13-11-22(38-18-26(32)33)14-21(24)17-30(31,28(35)36)16-19-8-6-5-7-9-19/h5-15H,16-18H2,1-4H3,(H,32,33)(H,35,36). The fourth-order valence-corrected chi connectivity index (χ4v) is 4.98. The monoisotopic (exact) mass is 517 g/mol. The lowest BCUT2D eigenvalue weighted by Crippen LogP contribution is -2.57. The Morgan fingerprint density at radius 1 is 0.974 bits per heavy atom. The topological polar surface area (TPSA) is 113 Å². The van der Waals surface area contributed by atoms with Gasteiger partial charge in [-0.05, 0) is 52.4 Å². The predicted molar refractivity (Wildman–Crippen MR) is 142 cm³/mol. The normalized spacial score (nSPS) is 16.6. The number of methoxy groups -OCH3 is 1. The summed E-state index contributed by atoms with van der Waals surface area (Å²) in [5.74, 6) is -1.91. The number of hydrogen-bond acceptors (Lipinski definition) is 5. The maximum atomic E-state index is 14.1. The van der Waals surface area contributed by atoms with Crippen LogP contribution in [-0.2, 0) is 27.8 Å². The fourth-order valence-electron chi connectivity index (χ4n) is 4.98. The average Bonchev–Trinajstić information content (AvgIpc) is 3.20. The van der Waals surface area contributed by atoms with Crippen LogP contribution in [0.25, 0.3) is 0 Å². The lowest BCUT2D eigenvalue weighted by Gasteiger charge is -2.35. The van der Waals surface area contributed by atoms with Crippen molar-refractivity contribution in [2.24, 2.45) is 0 Å². The minimum atomic E-state index is -1.61. The molecule has 2 N–H and O–H groups in total. The second kappa shape index (κ2) is 10.2. The molecule has 1 atom stereocenters. The van der Waals surface area contributed by atoms with Gasteiger partial charge in [0, 0.05) is 24.1 Å². The Bertz CT molecular complexity index is 1380. The number of carboxylic acids is 2. The van der Waals surface area contributed by atoms with Crippen molar-refractivity contribution in [2.75, 3.05) is 18.6 Å². The van der Waals surface area contributed by atoms with Gasteiger partial charge in [-0.1, -0.05) is 57.2 Å². The number of rotatable bonds is 8. The van der Waals surface area contributed by atoms with E-state index in [0.29, 0.717) is 22.6 Å². The summed E-state index contributed by atoms with van der Waals surface area (Å²) in [6, 6.07) is 19.1. The number of nitrogens with zero attached hydrogens (tertiary/aromatic N) is 1. The lowest BCUT2D eigenvalue weighted by molar-refractivity contribution is -0.143. The van der Waals surface area contributed by atoms with Crippen molar-refractivity contribution in [1.82, 2.24) is 0 Å². The van der Waals surface area contributed by atoms with E-state index < -0.39 is 30.0 Å². The molecule has 198 valence electrons. The molecule has 0 saturated carbocycles. The highest BCUT2D eigenvalue weighted by Crippen LogP contribution is 2.44. The summed E-state index contributed by atoms with van der Waals surface area (Å²) in [6.07, 6.45) is 0.103. The van der Waals surface area contributed by atoms with Gasteiger partial charge in [-0.3, -0.25) is 9.69 Å². The van der Waals surface area contributed by atoms with Crippen molar-refractivity contribution in [2.45, 2.75) is 44.6 Å². The number of carbonyl (C=O) groups excluding carboxylic acids is 1. The van der Waals surface area contributed by atoms with Gasteiger partial charge >= 0.3 is 11.9 Å². The van der Waals surface area contributed by atoms with Crippen LogP contribution in [0.2, 0.25) is 0 Å². The number of amides is 1. The quantitative estimate of drug-likeness (QED) is 0.444. The fraction of sp³-hybridized carbons (Fsp3) is 0.300. The van der Waals surface area contributed by atoms with E-state index in [1.807, 2.05) is 57.2 Å². The maximum Gasteiger partial charge on any atom is 0.341 e. The zero-order valence-corrected chi connectivity index (χ0v) is 21.9. The number of benzene rings is 3. The molecule has 38 heavy (non-hydrogen) atoms. The molecule has 0 spiro atoms. The summed E-state index contributed by atoms with van der Waals surface area (Å²) in [5.41, 5.74) is 1.18. The van der Waals surface area contributed by atoms with Crippen molar-refractivity contribution in [3.05, 3.63) is 89.0 Å². The van der Waals surface area contributed by atoms with Gasteiger partial charge in [0.1, 0.15) is 11.5 Å². The molecule has 3 aromatic rings. The summed E-state index contributed by atoms with van der Waals surface area (Å²) in [7, 11) is 1.54. The van der Waals surface area contributed by atoms with E-state index >= 15 is 0 Å². The Morgan fingerprint density at radius 3 is 2.29 bits per heavy atom. The number of ether oxygens (including phenoxy) is 2. The van der Waals surface area contributed by atoms with E-state index in [-0.39, 0.29) is 24.0 Å². The van der Waals surface area contributed by atoms with E-state index in [9.17, 15) is 19.5 Å². The highest BCUT2D eigenvalue weighted by atomic mass is 16.5. The first kappa shape index (κ1) is 26.7. The third-order valence-electron chi connectivity index (χ3n) is 6.76. The predicted octanol–water partition coefficient (Wildman–Crippen LogP) is 4.73. The molecule has 8 heteroatoms. The molecule has 0 saturated heterocycles. The molecule has 8 nitrogen and oxygen atoms in total. The van der Waals surface area contributed by atoms with Crippen LogP contribution in [-0.4, -0.2) is 47.3 Å². The minimum Gasteiger partial charge on any atom is -0.496 e. The summed E-state index contributed by atoms with van der Waals surface area (Å²) < 4.78 is 10.9. The van der Waals surface area contributed by atoms with Crippen LogP contribution in [0.3, 0.4) is 0 Å². The number of anilines is 1. The third kappa shape index (κ3) is 5.07. The van der Waals surface area contributed by atoms with Gasteiger partial charge in [0.2, 0.25) is 0 Å². The molecule has 1 unspecified atom stereocenters.